The summed E-state index contributed by atoms with van der Waals surface area (Å²) < 4.78 is 2.11. The minimum absolute atomic E-state index is 0.420. The average molecular weight is 236 g/mol. The summed E-state index contributed by atoms with van der Waals surface area (Å²) in [5.41, 5.74) is 7.84. The summed E-state index contributed by atoms with van der Waals surface area (Å²) in [6.07, 6.45) is 2.59. The summed E-state index contributed by atoms with van der Waals surface area (Å²) in [7, 11) is 0. The molecular weight excluding hydrogens is 222 g/mol. The van der Waals surface area contributed by atoms with Crippen molar-refractivity contribution in [1.29, 1.82) is 0 Å². The minimum Gasteiger partial charge on any atom is -0.369 e. The van der Waals surface area contributed by atoms with Crippen molar-refractivity contribution in [3.8, 4) is 0 Å². The van der Waals surface area contributed by atoms with E-state index in [4.69, 9.17) is 17.3 Å². The summed E-state index contributed by atoms with van der Waals surface area (Å²) in [5, 5.41) is 0.672. The molecule has 84 valence electrons. The Balaban J connectivity index is 2.22. The Bertz CT molecular complexity index is 542. The van der Waals surface area contributed by atoms with Gasteiger partial charge in [0.2, 0.25) is 5.95 Å². The van der Waals surface area contributed by atoms with Gasteiger partial charge in [0.1, 0.15) is 5.52 Å². The standard InChI is InChI=1S/C12H14ClN3/c1-7(8-5-6-8)16-10-4-2-3-9(13)11(10)15-12(16)14/h2-4,7-8H,5-6H2,1H3,(H2,14,15). The van der Waals surface area contributed by atoms with Crippen LogP contribution in [0.3, 0.4) is 0 Å². The lowest BCUT2D eigenvalue weighted by atomic mass is 10.2. The van der Waals surface area contributed by atoms with Crippen LogP contribution in [-0.4, -0.2) is 9.55 Å². The number of halogens is 1. The van der Waals surface area contributed by atoms with E-state index in [0.717, 1.165) is 17.0 Å². The Morgan fingerprint density at radius 3 is 2.94 bits per heavy atom. The normalized spacial score (nSPS) is 17.9. The summed E-state index contributed by atoms with van der Waals surface area (Å²) in [5.74, 6) is 1.32. The fraction of sp³-hybridized carbons (Fsp3) is 0.417. The number of nitrogens with two attached hydrogens (primary N) is 1. The number of nitrogen functional groups attached to an aromatic ring is 1. The van der Waals surface area contributed by atoms with Crippen molar-refractivity contribution in [3.63, 3.8) is 0 Å². The summed E-state index contributed by atoms with van der Waals surface area (Å²) in [6, 6.07) is 6.25. The molecule has 1 atom stereocenters. The predicted octanol–water partition coefficient (Wildman–Crippen LogP) is 3.24. The maximum Gasteiger partial charge on any atom is 0.201 e. The molecule has 2 N–H and O–H groups in total. The monoisotopic (exact) mass is 235 g/mol. The number of aromatic nitrogens is 2. The molecule has 0 bridgehead atoms. The van der Waals surface area contributed by atoms with Gasteiger partial charge in [-0.3, -0.25) is 0 Å². The highest BCUT2D eigenvalue weighted by molar-refractivity contribution is 6.35. The first-order valence-corrected chi connectivity index (χ1v) is 5.98. The molecule has 2 aromatic rings. The van der Waals surface area contributed by atoms with Crippen LogP contribution in [0.15, 0.2) is 18.2 Å². The molecule has 3 rings (SSSR count). The lowest BCUT2D eigenvalue weighted by Crippen LogP contribution is -2.10. The maximum atomic E-state index is 6.11. The third-order valence-electron chi connectivity index (χ3n) is 3.41. The van der Waals surface area contributed by atoms with Gasteiger partial charge in [0.25, 0.3) is 0 Å². The molecule has 0 saturated heterocycles. The van der Waals surface area contributed by atoms with E-state index in [2.05, 4.69) is 16.5 Å². The number of fused-ring (bicyclic) bond motifs is 1. The van der Waals surface area contributed by atoms with Crippen LogP contribution in [0.25, 0.3) is 11.0 Å². The second kappa shape index (κ2) is 3.39. The number of nitrogens with zero attached hydrogens (tertiary/aromatic N) is 2. The van der Waals surface area contributed by atoms with Crippen molar-refractivity contribution in [1.82, 2.24) is 9.55 Å². The maximum absolute atomic E-state index is 6.11. The van der Waals surface area contributed by atoms with Gasteiger partial charge in [-0.15, -0.1) is 0 Å². The highest BCUT2D eigenvalue weighted by atomic mass is 35.5. The lowest BCUT2D eigenvalue weighted by Gasteiger charge is -2.14. The van der Waals surface area contributed by atoms with Gasteiger partial charge in [0, 0.05) is 6.04 Å². The Hall–Kier alpha value is -1.22. The Kier molecular flexibility index (Phi) is 2.11. The van der Waals surface area contributed by atoms with Crippen LogP contribution >= 0.6 is 11.6 Å². The van der Waals surface area contributed by atoms with Crippen molar-refractivity contribution in [3.05, 3.63) is 23.2 Å². The largest absolute Gasteiger partial charge is 0.369 e. The van der Waals surface area contributed by atoms with Gasteiger partial charge in [0.05, 0.1) is 10.5 Å². The zero-order valence-corrected chi connectivity index (χ0v) is 9.91. The molecular formula is C12H14ClN3. The first kappa shape index (κ1) is 9.97. The summed E-state index contributed by atoms with van der Waals surface area (Å²) in [4.78, 5) is 4.35. The quantitative estimate of drug-likeness (QED) is 0.869. The number of hydrogen-bond acceptors (Lipinski definition) is 2. The van der Waals surface area contributed by atoms with Gasteiger partial charge in [-0.1, -0.05) is 17.7 Å². The van der Waals surface area contributed by atoms with Gasteiger partial charge in [-0.25, -0.2) is 4.98 Å². The van der Waals surface area contributed by atoms with E-state index in [1.807, 2.05) is 18.2 Å². The molecule has 0 spiro atoms. The van der Waals surface area contributed by atoms with E-state index in [9.17, 15) is 0 Å². The van der Waals surface area contributed by atoms with Crippen molar-refractivity contribution >= 4 is 28.6 Å². The van der Waals surface area contributed by atoms with Crippen LogP contribution in [0.4, 0.5) is 5.95 Å². The first-order chi connectivity index (χ1) is 7.68. The molecule has 1 unspecified atom stereocenters. The number of para-hydroxylation sites is 1. The van der Waals surface area contributed by atoms with E-state index < -0.39 is 0 Å². The molecule has 1 saturated carbocycles. The molecule has 1 aliphatic carbocycles. The summed E-state index contributed by atoms with van der Waals surface area (Å²) in [6.45, 7) is 2.20. The number of imidazole rings is 1. The number of anilines is 1. The van der Waals surface area contributed by atoms with E-state index in [0.29, 0.717) is 17.0 Å². The van der Waals surface area contributed by atoms with Crippen LogP contribution in [-0.2, 0) is 0 Å². The molecule has 1 fully saturated rings. The molecule has 0 radical (unpaired) electrons. The molecule has 3 nitrogen and oxygen atoms in total. The first-order valence-electron chi connectivity index (χ1n) is 5.60. The van der Waals surface area contributed by atoms with Crippen LogP contribution in [0.2, 0.25) is 5.02 Å². The van der Waals surface area contributed by atoms with Crippen molar-refractivity contribution < 1.29 is 0 Å². The van der Waals surface area contributed by atoms with E-state index >= 15 is 0 Å². The summed E-state index contributed by atoms with van der Waals surface area (Å²) >= 11 is 6.11. The topological polar surface area (TPSA) is 43.8 Å². The van der Waals surface area contributed by atoms with Gasteiger partial charge in [-0.05, 0) is 37.8 Å². The van der Waals surface area contributed by atoms with Crippen LogP contribution in [0.1, 0.15) is 25.8 Å². The fourth-order valence-corrected chi connectivity index (χ4v) is 2.53. The lowest BCUT2D eigenvalue weighted by molar-refractivity contribution is 0.504. The highest BCUT2D eigenvalue weighted by Gasteiger charge is 2.31. The van der Waals surface area contributed by atoms with Gasteiger partial charge < -0.3 is 10.3 Å². The molecule has 0 aliphatic heterocycles. The Morgan fingerprint density at radius 1 is 1.50 bits per heavy atom. The fourth-order valence-electron chi connectivity index (χ4n) is 2.32. The van der Waals surface area contributed by atoms with Gasteiger partial charge in [0.15, 0.2) is 0 Å². The van der Waals surface area contributed by atoms with E-state index in [1.54, 1.807) is 0 Å². The molecule has 1 aromatic carbocycles. The average Bonchev–Trinajstić information content (AvgIpc) is 3.02. The zero-order chi connectivity index (χ0) is 11.3. The smallest absolute Gasteiger partial charge is 0.201 e. The Morgan fingerprint density at radius 2 is 2.25 bits per heavy atom. The van der Waals surface area contributed by atoms with E-state index in [1.165, 1.54) is 12.8 Å². The van der Waals surface area contributed by atoms with Gasteiger partial charge in [-0.2, -0.15) is 0 Å². The predicted molar refractivity (Wildman–Crippen MR) is 66.6 cm³/mol. The third kappa shape index (κ3) is 1.39. The third-order valence-corrected chi connectivity index (χ3v) is 3.71. The van der Waals surface area contributed by atoms with Crippen LogP contribution < -0.4 is 5.73 Å². The molecule has 4 heteroatoms. The van der Waals surface area contributed by atoms with Crippen molar-refractivity contribution in [2.45, 2.75) is 25.8 Å². The van der Waals surface area contributed by atoms with E-state index in [-0.39, 0.29) is 0 Å². The highest BCUT2D eigenvalue weighted by Crippen LogP contribution is 2.42. The van der Waals surface area contributed by atoms with Crippen molar-refractivity contribution in [2.24, 2.45) is 5.92 Å². The number of rotatable bonds is 2. The van der Waals surface area contributed by atoms with Crippen LogP contribution in [0.5, 0.6) is 0 Å². The minimum atomic E-state index is 0.420. The Labute approximate surface area is 99.2 Å². The number of benzene rings is 1. The SMILES string of the molecule is CC(C1CC1)n1c(N)nc2c(Cl)cccc21. The molecule has 16 heavy (non-hydrogen) atoms. The zero-order valence-electron chi connectivity index (χ0n) is 9.15. The molecule has 1 heterocycles. The van der Waals surface area contributed by atoms with Crippen molar-refractivity contribution in [2.75, 3.05) is 5.73 Å². The second-order valence-corrected chi connectivity index (χ2v) is 4.93. The molecule has 1 aliphatic rings. The van der Waals surface area contributed by atoms with Crippen LogP contribution in [0, 0.1) is 5.92 Å². The number of hydrogen-bond donors (Lipinski definition) is 1. The molecule has 0 amide bonds. The second-order valence-electron chi connectivity index (χ2n) is 4.53. The molecule has 1 aromatic heterocycles. The van der Waals surface area contributed by atoms with Gasteiger partial charge >= 0.3 is 0 Å².